The number of halogens is 1. The van der Waals surface area contributed by atoms with E-state index < -0.39 is 19.0 Å². The van der Waals surface area contributed by atoms with E-state index in [1.165, 1.54) is 16.5 Å². The van der Waals surface area contributed by atoms with Crippen molar-refractivity contribution in [2.45, 2.75) is 45.1 Å². The number of hydrogen-bond donors (Lipinski definition) is 3. The van der Waals surface area contributed by atoms with E-state index in [-0.39, 0.29) is 41.7 Å². The first kappa shape index (κ1) is 32.3. The maximum absolute atomic E-state index is 14.0. The maximum Gasteiger partial charge on any atom is 0.488 e. The first-order valence-corrected chi connectivity index (χ1v) is 16.6. The van der Waals surface area contributed by atoms with Crippen LogP contribution in [0.15, 0.2) is 94.0 Å². The Kier molecular flexibility index (Phi) is 9.80. The topological polar surface area (TPSA) is 117 Å². The van der Waals surface area contributed by atoms with Gasteiger partial charge in [0.2, 0.25) is 11.8 Å². The molecule has 3 aromatic carbocycles. The summed E-state index contributed by atoms with van der Waals surface area (Å²) in [5.74, 6) is -1.02. The predicted octanol–water partition coefficient (Wildman–Crippen LogP) is 5.40. The van der Waals surface area contributed by atoms with Crippen LogP contribution in [0, 0.1) is 17.8 Å². The molecule has 2 fully saturated rings. The molecular formula is C36H37BBrNO7. The third-order valence-electron chi connectivity index (χ3n) is 9.24. The average molecular weight is 686 g/mol. The van der Waals surface area contributed by atoms with Gasteiger partial charge < -0.3 is 24.6 Å². The second kappa shape index (κ2) is 14.0. The number of benzene rings is 3. The van der Waals surface area contributed by atoms with Crippen LogP contribution in [0.3, 0.4) is 0 Å². The number of hydrogen-bond acceptors (Lipinski definition) is 7. The van der Waals surface area contributed by atoms with Crippen molar-refractivity contribution in [2.24, 2.45) is 17.8 Å². The highest BCUT2D eigenvalue weighted by atomic mass is 79.9. The minimum atomic E-state index is -1.71. The van der Waals surface area contributed by atoms with Crippen LogP contribution in [0.1, 0.15) is 44.6 Å². The Bertz CT molecular complexity index is 1670. The van der Waals surface area contributed by atoms with Gasteiger partial charge in [-0.15, -0.1) is 0 Å². The predicted molar refractivity (Wildman–Crippen MR) is 180 cm³/mol. The number of para-hydroxylation sites is 1. The van der Waals surface area contributed by atoms with Crippen LogP contribution in [-0.4, -0.2) is 53.4 Å². The highest BCUT2D eigenvalue weighted by Gasteiger charge is 2.57. The van der Waals surface area contributed by atoms with E-state index in [0.29, 0.717) is 25.1 Å². The lowest BCUT2D eigenvalue weighted by molar-refractivity contribution is -0.122. The van der Waals surface area contributed by atoms with E-state index in [4.69, 9.17) is 9.47 Å². The van der Waals surface area contributed by atoms with Crippen LogP contribution in [-0.2, 0) is 14.3 Å². The standard InChI is InChI=1S/C36H37BBrNO7/c1-2-7-22(16-23-17-26(38)13-14-31(23)40)12-15-32-33-24(20-45-28-10-4-3-5-11-28)18-29-34(30(33)21-46-32)36(42)39(35(29)41)27-9-6-8-25(19-27)37(43)44/h3-6,8-11,13-14,16-17,19,29-30,32,34,40,43-44H,2,7,12,15,18,20-21H2,1H3/b22-16+/t29-,30+,32-,34-/m1/s1. The van der Waals surface area contributed by atoms with Crippen molar-refractivity contribution in [3.05, 3.63) is 99.6 Å². The van der Waals surface area contributed by atoms with Crippen LogP contribution < -0.4 is 15.1 Å². The molecule has 3 aromatic rings. The Hall–Kier alpha value is -3.70. The third kappa shape index (κ3) is 6.58. The Balaban J connectivity index is 1.29. The van der Waals surface area contributed by atoms with Gasteiger partial charge in [-0.3, -0.25) is 14.5 Å². The number of phenols is 1. The van der Waals surface area contributed by atoms with Crippen molar-refractivity contribution < 1.29 is 34.2 Å². The fourth-order valence-electron chi connectivity index (χ4n) is 7.14. The number of allylic oxidation sites excluding steroid dienone is 1. The van der Waals surface area contributed by atoms with E-state index >= 15 is 0 Å². The Labute approximate surface area is 277 Å². The van der Waals surface area contributed by atoms with Crippen molar-refractivity contribution in [3.63, 3.8) is 0 Å². The van der Waals surface area contributed by atoms with Crippen LogP contribution >= 0.6 is 15.9 Å². The lowest BCUT2D eigenvalue weighted by atomic mass is 9.69. The smallest absolute Gasteiger partial charge is 0.488 e. The summed E-state index contributed by atoms with van der Waals surface area (Å²) in [6.45, 7) is 2.75. The van der Waals surface area contributed by atoms with Crippen LogP contribution in [0.5, 0.6) is 11.5 Å². The summed E-state index contributed by atoms with van der Waals surface area (Å²) >= 11 is 3.50. The van der Waals surface area contributed by atoms with Gasteiger partial charge in [0.15, 0.2) is 0 Å². The number of imide groups is 1. The van der Waals surface area contributed by atoms with E-state index in [0.717, 1.165) is 46.2 Å². The van der Waals surface area contributed by atoms with Crippen molar-refractivity contribution in [1.29, 1.82) is 0 Å². The minimum Gasteiger partial charge on any atom is -0.507 e. The van der Waals surface area contributed by atoms with E-state index in [9.17, 15) is 24.7 Å². The SMILES string of the molecule is CCC/C(=C\c1cc(Br)ccc1O)CC[C@H]1OC[C@H]2C1=C(COc1ccccc1)C[C@H]1C(=O)N(c3cccc(B(O)O)c3)C(=O)[C@H]12. The van der Waals surface area contributed by atoms with Gasteiger partial charge in [0.1, 0.15) is 18.1 Å². The fourth-order valence-corrected chi connectivity index (χ4v) is 7.52. The van der Waals surface area contributed by atoms with Crippen LogP contribution in [0.25, 0.3) is 6.08 Å². The highest BCUT2D eigenvalue weighted by molar-refractivity contribution is 9.10. The number of phenolic OH excluding ortho intramolecular Hbond substituents is 1. The van der Waals surface area contributed by atoms with Gasteiger partial charge in [0.25, 0.3) is 0 Å². The number of anilines is 1. The molecule has 0 unspecified atom stereocenters. The summed E-state index contributed by atoms with van der Waals surface area (Å²) in [6, 6.07) is 21.2. The van der Waals surface area contributed by atoms with Crippen molar-refractivity contribution in [2.75, 3.05) is 18.1 Å². The average Bonchev–Trinajstić information content (AvgIpc) is 3.59. The molecule has 0 bridgehead atoms. The Morgan fingerprint density at radius 2 is 1.83 bits per heavy atom. The quantitative estimate of drug-likeness (QED) is 0.141. The molecule has 0 spiro atoms. The number of aromatic hydroxyl groups is 1. The van der Waals surface area contributed by atoms with Crippen LogP contribution in [0.2, 0.25) is 0 Å². The molecule has 1 aliphatic carbocycles. The number of ether oxygens (including phenoxy) is 2. The van der Waals surface area contributed by atoms with Gasteiger partial charge in [-0.2, -0.15) is 0 Å². The first-order chi connectivity index (χ1) is 22.2. The molecule has 3 aliphatic rings. The summed E-state index contributed by atoms with van der Waals surface area (Å²) in [6.07, 6.45) is 5.47. The number of fused-ring (bicyclic) bond motifs is 3. The van der Waals surface area contributed by atoms with Crippen molar-refractivity contribution in [3.8, 4) is 11.5 Å². The lowest BCUT2D eigenvalue weighted by Gasteiger charge is -2.31. The number of amides is 2. The molecule has 0 aromatic heterocycles. The lowest BCUT2D eigenvalue weighted by Crippen LogP contribution is -2.36. The fraction of sp³-hybridized carbons (Fsp3) is 0.333. The zero-order chi connectivity index (χ0) is 32.4. The number of rotatable bonds is 11. The second-order valence-electron chi connectivity index (χ2n) is 12.2. The largest absolute Gasteiger partial charge is 0.507 e. The molecule has 3 N–H and O–H groups in total. The monoisotopic (exact) mass is 685 g/mol. The molecule has 10 heteroatoms. The van der Waals surface area contributed by atoms with Crippen molar-refractivity contribution in [1.82, 2.24) is 0 Å². The van der Waals surface area contributed by atoms with E-state index in [2.05, 4.69) is 28.9 Å². The van der Waals surface area contributed by atoms with Gasteiger partial charge in [0, 0.05) is 16.0 Å². The van der Waals surface area contributed by atoms with Gasteiger partial charge in [-0.1, -0.05) is 71.3 Å². The summed E-state index contributed by atoms with van der Waals surface area (Å²) in [4.78, 5) is 29.1. The van der Waals surface area contributed by atoms with Gasteiger partial charge in [-0.25, -0.2) is 0 Å². The minimum absolute atomic E-state index is 0.208. The molecule has 2 aliphatic heterocycles. The second-order valence-corrected chi connectivity index (χ2v) is 13.1. The molecule has 2 heterocycles. The van der Waals surface area contributed by atoms with Crippen LogP contribution in [0.4, 0.5) is 5.69 Å². The maximum atomic E-state index is 14.0. The number of nitrogens with zero attached hydrogens (tertiary/aromatic N) is 1. The molecule has 2 amide bonds. The first-order valence-electron chi connectivity index (χ1n) is 15.8. The van der Waals surface area contributed by atoms with E-state index in [1.807, 2.05) is 42.5 Å². The van der Waals surface area contributed by atoms with Gasteiger partial charge >= 0.3 is 7.12 Å². The summed E-state index contributed by atoms with van der Waals surface area (Å²) in [5.41, 5.74) is 4.54. The summed E-state index contributed by atoms with van der Waals surface area (Å²) < 4.78 is 13.5. The molecule has 238 valence electrons. The Morgan fingerprint density at radius 1 is 1.02 bits per heavy atom. The highest BCUT2D eigenvalue weighted by Crippen LogP contribution is 2.50. The molecule has 0 radical (unpaired) electrons. The Morgan fingerprint density at radius 3 is 2.59 bits per heavy atom. The molecule has 0 saturated carbocycles. The molecular weight excluding hydrogens is 649 g/mol. The summed E-state index contributed by atoms with van der Waals surface area (Å²) in [5, 5.41) is 29.9. The molecule has 46 heavy (non-hydrogen) atoms. The van der Waals surface area contributed by atoms with E-state index in [1.54, 1.807) is 24.3 Å². The molecule has 4 atom stereocenters. The third-order valence-corrected chi connectivity index (χ3v) is 9.73. The number of carbonyl (C=O) groups excluding carboxylic acids is 2. The number of carbonyl (C=O) groups is 2. The van der Waals surface area contributed by atoms with Crippen molar-refractivity contribution >= 4 is 52.1 Å². The van der Waals surface area contributed by atoms with Gasteiger partial charge in [-0.05, 0) is 84.8 Å². The van der Waals surface area contributed by atoms with Gasteiger partial charge in [0.05, 0.1) is 30.2 Å². The molecule has 8 nitrogen and oxygen atoms in total. The molecule has 6 rings (SSSR count). The zero-order valence-electron chi connectivity index (χ0n) is 25.6. The summed E-state index contributed by atoms with van der Waals surface area (Å²) in [7, 11) is -1.71. The normalized spacial score (nSPS) is 22.7. The zero-order valence-corrected chi connectivity index (χ0v) is 27.2. The molecule has 2 saturated heterocycles.